The van der Waals surface area contributed by atoms with Crippen molar-refractivity contribution in [1.29, 1.82) is 0 Å². The van der Waals surface area contributed by atoms with E-state index < -0.39 is 13.2 Å². The maximum Gasteiger partial charge on any atom is 0.481 e. The molecule has 3 aliphatic carbocycles. The maximum absolute atomic E-state index is 13.5. The van der Waals surface area contributed by atoms with Crippen molar-refractivity contribution in [3.8, 4) is 0 Å². The fourth-order valence-corrected chi connectivity index (χ4v) is 6.82. The molecule has 4 aliphatic rings. The smallest absolute Gasteiger partial charge is 0.404 e. The molecule has 1 heterocycles. The van der Waals surface area contributed by atoms with E-state index in [9.17, 15) is 9.59 Å². The van der Waals surface area contributed by atoms with Crippen LogP contribution in [0, 0.1) is 23.2 Å². The van der Waals surface area contributed by atoms with Crippen molar-refractivity contribution < 1.29 is 18.9 Å². The van der Waals surface area contributed by atoms with E-state index in [1.165, 1.54) is 6.42 Å². The van der Waals surface area contributed by atoms with E-state index in [1.54, 1.807) is 18.8 Å². The van der Waals surface area contributed by atoms with E-state index in [1.807, 2.05) is 6.26 Å². The summed E-state index contributed by atoms with van der Waals surface area (Å²) in [5.41, 5.74) is 5.64. The Hall–Kier alpha value is -1.46. The van der Waals surface area contributed by atoms with Gasteiger partial charge in [-0.25, -0.2) is 0 Å². The van der Waals surface area contributed by atoms with Gasteiger partial charge in [0, 0.05) is 25.8 Å². The normalized spacial score (nSPS) is 29.8. The second-order valence-corrected chi connectivity index (χ2v) is 13.1. The summed E-state index contributed by atoms with van der Waals surface area (Å²) in [5.74, 6) is 1.92. The highest BCUT2D eigenvalue weighted by Gasteiger charge is 2.68. The average molecular weight is 538 g/mol. The summed E-state index contributed by atoms with van der Waals surface area (Å²) in [6.07, 6.45) is 6.45. The number of carbonyl (C=O) groups is 2. The minimum Gasteiger partial charge on any atom is -0.404 e. The first kappa shape index (κ1) is 30.1. The van der Waals surface area contributed by atoms with Gasteiger partial charge in [0.05, 0.1) is 17.6 Å². The zero-order valence-electron chi connectivity index (χ0n) is 23.8. The zero-order valence-corrected chi connectivity index (χ0v) is 24.6. The average Bonchev–Trinajstić information content (AvgIpc) is 3.20. The van der Waals surface area contributed by atoms with Crippen molar-refractivity contribution in [3.63, 3.8) is 0 Å². The van der Waals surface area contributed by atoms with Gasteiger partial charge in [-0.3, -0.25) is 14.6 Å². The third-order valence-electron chi connectivity index (χ3n) is 8.75. The van der Waals surface area contributed by atoms with Crippen molar-refractivity contribution in [2.24, 2.45) is 33.9 Å². The predicted octanol–water partition coefficient (Wildman–Crippen LogP) is 2.34. The standard InChI is InChI=1S/C26H48BN5O4S/c1-16(2)13-21(27-35-20-15-17-14-19(25(17,3)4)26(20,5)36-27)32-23(34)18(31-22(33)10-12-37-7)9-8-11-30-24(28)29-6/h16-21H,8-15H2,1-7H3,(H,31,33)(H,32,34)(H3,28,29,30)/t17-,18-,19-,20+,21-,26-/m0/s1. The molecule has 3 saturated carbocycles. The minimum absolute atomic E-state index is 0.0552. The van der Waals surface area contributed by atoms with Gasteiger partial charge in [-0.15, -0.1) is 0 Å². The van der Waals surface area contributed by atoms with E-state index in [2.05, 4.69) is 55.6 Å². The number of rotatable bonds is 13. The molecule has 0 unspecified atom stereocenters. The number of aliphatic imine (C=N–C) groups is 1. The second kappa shape index (κ2) is 12.6. The summed E-state index contributed by atoms with van der Waals surface area (Å²) in [6.45, 7) is 11.7. The number of carbonyl (C=O) groups excluding carboxylic acids is 2. The van der Waals surface area contributed by atoms with Crippen molar-refractivity contribution in [1.82, 2.24) is 16.0 Å². The van der Waals surface area contributed by atoms with Crippen molar-refractivity contribution in [2.75, 3.05) is 25.6 Å². The molecule has 5 N–H and O–H groups in total. The van der Waals surface area contributed by atoms with Gasteiger partial charge in [-0.2, -0.15) is 11.8 Å². The Balaban J connectivity index is 1.68. The predicted molar refractivity (Wildman–Crippen MR) is 151 cm³/mol. The monoisotopic (exact) mass is 537 g/mol. The van der Waals surface area contributed by atoms with Crippen LogP contribution in [0.4, 0.5) is 0 Å². The van der Waals surface area contributed by atoms with Crippen LogP contribution in [0.3, 0.4) is 0 Å². The van der Waals surface area contributed by atoms with Crippen molar-refractivity contribution >= 4 is 36.7 Å². The molecular formula is C26H48BN5O4S. The highest BCUT2D eigenvalue weighted by Crippen LogP contribution is 2.65. The summed E-state index contributed by atoms with van der Waals surface area (Å²) < 4.78 is 13.2. The lowest BCUT2D eigenvalue weighted by molar-refractivity contribution is -0.199. The highest BCUT2D eigenvalue weighted by molar-refractivity contribution is 7.98. The van der Waals surface area contributed by atoms with E-state index in [-0.39, 0.29) is 34.9 Å². The van der Waals surface area contributed by atoms with Crippen LogP contribution in [0.1, 0.15) is 73.1 Å². The van der Waals surface area contributed by atoms with Crippen molar-refractivity contribution in [3.05, 3.63) is 0 Å². The summed E-state index contributed by atoms with van der Waals surface area (Å²) in [6, 6.07) is -0.642. The van der Waals surface area contributed by atoms with Gasteiger partial charge in [0.25, 0.3) is 0 Å². The van der Waals surface area contributed by atoms with Crippen LogP contribution in [0.15, 0.2) is 4.99 Å². The van der Waals surface area contributed by atoms with Crippen LogP contribution in [-0.2, 0) is 18.9 Å². The van der Waals surface area contributed by atoms with Gasteiger partial charge in [-0.1, -0.05) is 27.7 Å². The second-order valence-electron chi connectivity index (χ2n) is 12.1. The molecule has 0 radical (unpaired) electrons. The van der Waals surface area contributed by atoms with E-state index >= 15 is 0 Å². The van der Waals surface area contributed by atoms with Gasteiger partial charge in [0.1, 0.15) is 6.04 Å². The Morgan fingerprint density at radius 2 is 1.95 bits per heavy atom. The molecule has 4 rings (SSSR count). The molecule has 4 fully saturated rings. The molecule has 1 aliphatic heterocycles. The minimum atomic E-state index is -0.642. The number of guanidine groups is 1. The molecule has 2 amide bonds. The third-order valence-corrected chi connectivity index (χ3v) is 9.36. The lowest BCUT2D eigenvalue weighted by atomic mass is 9.43. The number of nitrogens with two attached hydrogens (primary N) is 1. The molecule has 210 valence electrons. The Kier molecular flexibility index (Phi) is 10.2. The molecule has 0 aromatic heterocycles. The van der Waals surface area contributed by atoms with Crippen LogP contribution in [0.25, 0.3) is 0 Å². The summed E-state index contributed by atoms with van der Waals surface area (Å²) >= 11 is 1.61. The topological polar surface area (TPSA) is 127 Å². The number of nitrogens with one attached hydrogen (secondary N) is 3. The summed E-state index contributed by atoms with van der Waals surface area (Å²) in [5, 5.41) is 9.17. The molecule has 6 atom stereocenters. The summed E-state index contributed by atoms with van der Waals surface area (Å²) in [7, 11) is 1.12. The summed E-state index contributed by atoms with van der Waals surface area (Å²) in [4.78, 5) is 30.0. The molecular weight excluding hydrogens is 489 g/mol. The Morgan fingerprint density at radius 1 is 1.22 bits per heavy atom. The first-order chi connectivity index (χ1) is 17.4. The van der Waals surface area contributed by atoms with E-state index in [0.717, 1.165) is 12.8 Å². The van der Waals surface area contributed by atoms with Gasteiger partial charge in [0.15, 0.2) is 5.96 Å². The number of hydrogen-bond donors (Lipinski definition) is 4. The first-order valence-corrected chi connectivity index (χ1v) is 15.2. The molecule has 9 nitrogen and oxygen atoms in total. The van der Waals surface area contributed by atoms with Crippen LogP contribution >= 0.6 is 11.8 Å². The van der Waals surface area contributed by atoms with Crippen LogP contribution < -0.4 is 21.7 Å². The first-order valence-electron chi connectivity index (χ1n) is 13.8. The number of hydrogen-bond acceptors (Lipinski definition) is 6. The lowest BCUT2D eigenvalue weighted by Crippen LogP contribution is -2.65. The van der Waals surface area contributed by atoms with Gasteiger partial charge in [-0.05, 0) is 68.5 Å². The maximum atomic E-state index is 13.5. The number of thioether (sulfide) groups is 1. The van der Waals surface area contributed by atoms with Crippen LogP contribution in [0.2, 0.25) is 0 Å². The number of amides is 2. The molecule has 0 aromatic carbocycles. The fraction of sp³-hybridized carbons (Fsp3) is 0.885. The Morgan fingerprint density at radius 3 is 2.57 bits per heavy atom. The molecule has 37 heavy (non-hydrogen) atoms. The molecule has 1 saturated heterocycles. The fourth-order valence-electron chi connectivity index (χ4n) is 6.43. The number of nitrogens with zero attached hydrogens (tertiary/aromatic N) is 1. The van der Waals surface area contributed by atoms with E-state index in [4.69, 9.17) is 15.0 Å². The van der Waals surface area contributed by atoms with Crippen molar-refractivity contribution in [2.45, 2.75) is 96.8 Å². The quantitative estimate of drug-likeness (QED) is 0.123. The molecule has 0 spiro atoms. The molecule has 0 aromatic rings. The van der Waals surface area contributed by atoms with Gasteiger partial charge < -0.3 is 31.0 Å². The molecule has 11 heteroatoms. The third kappa shape index (κ3) is 6.95. The Labute approximate surface area is 227 Å². The van der Waals surface area contributed by atoms with Gasteiger partial charge in [0.2, 0.25) is 11.8 Å². The van der Waals surface area contributed by atoms with Gasteiger partial charge >= 0.3 is 7.12 Å². The molecule has 2 bridgehead atoms. The van der Waals surface area contributed by atoms with E-state index in [0.29, 0.717) is 55.3 Å². The highest BCUT2D eigenvalue weighted by atomic mass is 32.2. The largest absolute Gasteiger partial charge is 0.481 e. The Bertz CT molecular complexity index is 844. The zero-order chi connectivity index (χ0) is 27.4. The van der Waals surface area contributed by atoms with Crippen LogP contribution in [-0.4, -0.2) is 74.2 Å². The SMILES string of the molecule is CN=C(N)NCCC[C@H](NC(=O)CCSC)C(=O)N[C@@H](CC(C)C)B1O[C@@H]2C[C@@H]3C[C@@H](C3(C)C)[C@]2(C)O1. The lowest BCUT2D eigenvalue weighted by Gasteiger charge is -2.64. The van der Waals surface area contributed by atoms with Crippen LogP contribution in [0.5, 0.6) is 0 Å².